The Morgan fingerprint density at radius 1 is 1.28 bits per heavy atom. The molecule has 2 atom stereocenters. The maximum absolute atomic E-state index is 11.7. The van der Waals surface area contributed by atoms with E-state index in [1.165, 1.54) is 0 Å². The molecule has 0 aliphatic rings. The summed E-state index contributed by atoms with van der Waals surface area (Å²) in [5.41, 5.74) is 1.62. The third-order valence-electron chi connectivity index (χ3n) is 3.43. The van der Waals surface area contributed by atoms with Crippen molar-refractivity contribution in [2.45, 2.75) is 18.3 Å². The molecule has 0 saturated heterocycles. The van der Waals surface area contributed by atoms with E-state index in [1.807, 2.05) is 60.2 Å². The lowest BCUT2D eigenvalue weighted by Gasteiger charge is -2.30. The van der Waals surface area contributed by atoms with Crippen LogP contribution in [-0.2, 0) is 10.2 Å². The molecule has 0 N–H and O–H groups in total. The van der Waals surface area contributed by atoms with Crippen molar-refractivity contribution in [2.75, 3.05) is 0 Å². The summed E-state index contributed by atoms with van der Waals surface area (Å²) in [6, 6.07) is 12.1. The zero-order chi connectivity index (χ0) is 13.0. The fourth-order valence-corrected chi connectivity index (χ4v) is 3.06. The number of benzene rings is 1. The van der Waals surface area contributed by atoms with Crippen molar-refractivity contribution in [3.05, 3.63) is 70.9 Å². The quantitative estimate of drug-likeness (QED) is 0.579. The molecule has 2 aromatic rings. The molecule has 1 nitrogen and oxygen atoms in total. The molecule has 92 valence electrons. The highest BCUT2D eigenvalue weighted by Crippen LogP contribution is 2.39. The van der Waals surface area contributed by atoms with Crippen molar-refractivity contribution in [3.8, 4) is 0 Å². The van der Waals surface area contributed by atoms with Crippen molar-refractivity contribution in [1.82, 2.24) is 0 Å². The second kappa shape index (κ2) is 5.32. The van der Waals surface area contributed by atoms with Crippen LogP contribution in [0, 0.1) is 0 Å². The number of hydrogen-bond acceptors (Lipinski definition) is 2. The molecule has 0 fully saturated rings. The molecule has 2 rings (SSSR count). The summed E-state index contributed by atoms with van der Waals surface area (Å²) >= 11 is 1.61. The topological polar surface area (TPSA) is 17.1 Å². The Kier molecular flexibility index (Phi) is 3.78. The fourth-order valence-electron chi connectivity index (χ4n) is 2.28. The first kappa shape index (κ1) is 12.8. The largest absolute Gasteiger partial charge is 0.302 e. The van der Waals surface area contributed by atoms with Crippen molar-refractivity contribution in [2.24, 2.45) is 0 Å². The number of hydrogen-bond donors (Lipinski definition) is 0. The molecule has 0 aliphatic carbocycles. The number of aldehydes is 1. The summed E-state index contributed by atoms with van der Waals surface area (Å²) in [7, 11) is 0. The van der Waals surface area contributed by atoms with Crippen LogP contribution in [0.3, 0.4) is 0 Å². The average molecular weight is 256 g/mol. The molecule has 0 amide bonds. The molecule has 1 heterocycles. The standard InChI is InChI=1S/C16H16OS/c1-3-15(13-7-5-4-6-8-13)16(2,12-17)14-9-10-18-11-14/h3-12,15H,1H2,2H3/t15-,16+/m0/s1. The first-order valence-electron chi connectivity index (χ1n) is 5.89. The van der Waals surface area contributed by atoms with Crippen molar-refractivity contribution >= 4 is 17.6 Å². The van der Waals surface area contributed by atoms with Crippen LogP contribution in [0.4, 0.5) is 0 Å². The van der Waals surface area contributed by atoms with E-state index in [4.69, 9.17) is 0 Å². The molecule has 0 aliphatic heterocycles. The minimum atomic E-state index is -0.552. The monoisotopic (exact) mass is 256 g/mol. The van der Waals surface area contributed by atoms with E-state index < -0.39 is 5.41 Å². The predicted octanol–water partition coefficient (Wildman–Crippen LogP) is 4.17. The number of thiophene rings is 1. The van der Waals surface area contributed by atoms with Gasteiger partial charge in [0.05, 0.1) is 5.41 Å². The van der Waals surface area contributed by atoms with Gasteiger partial charge in [-0.1, -0.05) is 36.4 Å². The Morgan fingerprint density at radius 3 is 2.50 bits per heavy atom. The molecular weight excluding hydrogens is 240 g/mol. The van der Waals surface area contributed by atoms with Crippen molar-refractivity contribution in [1.29, 1.82) is 0 Å². The van der Waals surface area contributed by atoms with E-state index in [1.54, 1.807) is 11.3 Å². The summed E-state index contributed by atoms with van der Waals surface area (Å²) in [4.78, 5) is 11.7. The number of carbonyl (C=O) groups excluding carboxylic acids is 1. The zero-order valence-electron chi connectivity index (χ0n) is 10.4. The zero-order valence-corrected chi connectivity index (χ0v) is 11.2. The normalized spacial score (nSPS) is 15.6. The predicted molar refractivity (Wildman–Crippen MR) is 77.1 cm³/mol. The minimum Gasteiger partial charge on any atom is -0.302 e. The van der Waals surface area contributed by atoms with Crippen LogP contribution in [0.25, 0.3) is 0 Å². The van der Waals surface area contributed by atoms with Gasteiger partial charge in [0, 0.05) is 5.92 Å². The molecule has 0 bridgehead atoms. The molecule has 0 unspecified atom stereocenters. The van der Waals surface area contributed by atoms with Crippen LogP contribution in [0.15, 0.2) is 59.8 Å². The summed E-state index contributed by atoms with van der Waals surface area (Å²) < 4.78 is 0. The molecule has 0 spiro atoms. The van der Waals surface area contributed by atoms with Crippen LogP contribution >= 0.6 is 11.3 Å². The highest BCUT2D eigenvalue weighted by Gasteiger charge is 2.35. The second-order valence-electron chi connectivity index (χ2n) is 4.54. The molecule has 1 aromatic heterocycles. The molecule has 1 aromatic carbocycles. The average Bonchev–Trinajstić information content (AvgIpc) is 2.95. The lowest BCUT2D eigenvalue weighted by atomic mass is 9.71. The molecule has 0 radical (unpaired) electrons. The van der Waals surface area contributed by atoms with Crippen LogP contribution in [0.2, 0.25) is 0 Å². The second-order valence-corrected chi connectivity index (χ2v) is 5.32. The third kappa shape index (κ3) is 2.16. The van der Waals surface area contributed by atoms with Gasteiger partial charge in [0.25, 0.3) is 0 Å². The smallest absolute Gasteiger partial charge is 0.131 e. The van der Waals surface area contributed by atoms with Crippen LogP contribution in [0.1, 0.15) is 24.0 Å². The van der Waals surface area contributed by atoms with E-state index in [2.05, 4.69) is 6.58 Å². The van der Waals surface area contributed by atoms with Gasteiger partial charge >= 0.3 is 0 Å². The van der Waals surface area contributed by atoms with E-state index in [-0.39, 0.29) is 5.92 Å². The van der Waals surface area contributed by atoms with E-state index >= 15 is 0 Å². The first-order valence-corrected chi connectivity index (χ1v) is 6.83. The Hall–Kier alpha value is -1.67. The molecule has 2 heteroatoms. The van der Waals surface area contributed by atoms with Gasteiger partial charge in [-0.2, -0.15) is 11.3 Å². The first-order chi connectivity index (χ1) is 8.72. The third-order valence-corrected chi connectivity index (χ3v) is 4.11. The van der Waals surface area contributed by atoms with E-state index in [9.17, 15) is 4.79 Å². The van der Waals surface area contributed by atoms with Crippen LogP contribution in [0.5, 0.6) is 0 Å². The maximum Gasteiger partial charge on any atom is 0.131 e. The summed E-state index contributed by atoms with van der Waals surface area (Å²) in [6.07, 6.45) is 2.90. The molecule has 0 saturated carbocycles. The summed E-state index contributed by atoms with van der Waals surface area (Å²) in [6.45, 7) is 5.88. The van der Waals surface area contributed by atoms with E-state index in [0.717, 1.165) is 17.4 Å². The number of carbonyl (C=O) groups is 1. The molecule has 18 heavy (non-hydrogen) atoms. The molecular formula is C16H16OS. The van der Waals surface area contributed by atoms with Gasteiger partial charge in [0.2, 0.25) is 0 Å². The SMILES string of the molecule is C=C[C@@H](c1ccccc1)[C@](C)(C=O)c1ccsc1. The lowest BCUT2D eigenvalue weighted by molar-refractivity contribution is -0.112. The van der Waals surface area contributed by atoms with Gasteiger partial charge in [-0.3, -0.25) is 0 Å². The Bertz CT molecular complexity index is 515. The number of rotatable bonds is 5. The summed E-state index contributed by atoms with van der Waals surface area (Å²) in [5.74, 6) is -0.00852. The van der Waals surface area contributed by atoms with Gasteiger partial charge in [-0.15, -0.1) is 6.58 Å². The van der Waals surface area contributed by atoms with Gasteiger partial charge in [-0.05, 0) is 34.9 Å². The number of allylic oxidation sites excluding steroid dienone is 1. The van der Waals surface area contributed by atoms with Crippen molar-refractivity contribution < 1.29 is 4.79 Å². The van der Waals surface area contributed by atoms with Crippen molar-refractivity contribution in [3.63, 3.8) is 0 Å². The maximum atomic E-state index is 11.7. The van der Waals surface area contributed by atoms with Gasteiger partial charge in [0.1, 0.15) is 6.29 Å². The Labute approximate surface area is 112 Å². The fraction of sp³-hybridized carbons (Fsp3) is 0.188. The van der Waals surface area contributed by atoms with Crippen LogP contribution < -0.4 is 0 Å². The van der Waals surface area contributed by atoms with Gasteiger partial charge < -0.3 is 4.79 Å². The highest BCUT2D eigenvalue weighted by molar-refractivity contribution is 7.08. The summed E-state index contributed by atoms with van der Waals surface area (Å²) in [5, 5.41) is 4.04. The van der Waals surface area contributed by atoms with Crippen LogP contribution in [-0.4, -0.2) is 6.29 Å². The minimum absolute atomic E-state index is 0.00852. The Morgan fingerprint density at radius 2 is 2.00 bits per heavy atom. The highest BCUT2D eigenvalue weighted by atomic mass is 32.1. The van der Waals surface area contributed by atoms with E-state index in [0.29, 0.717) is 0 Å². The van der Waals surface area contributed by atoms with Gasteiger partial charge in [0.15, 0.2) is 0 Å². The lowest BCUT2D eigenvalue weighted by Crippen LogP contribution is -2.30. The van der Waals surface area contributed by atoms with Gasteiger partial charge in [-0.25, -0.2) is 0 Å². The Balaban J connectivity index is 2.48.